The maximum atomic E-state index is 12.9. The summed E-state index contributed by atoms with van der Waals surface area (Å²) in [6.07, 6.45) is 3.88. The lowest BCUT2D eigenvalue weighted by atomic mass is 10.1. The molecule has 5 rings (SSSR count). The van der Waals surface area contributed by atoms with Crippen LogP contribution in [0, 0.1) is 13.8 Å². The standard InChI is InChI=1S/C24H28N6O3/c1-16-9-17(2)23-18(10-16)11-19(24(31)25-23)12-29(13-20-5-3-7-32-20)15-22-26-27-28-30(22)14-21-6-4-8-33-21/h3,5,7,9-11,21H,4,6,8,12-15H2,1-2H3,(H,25,31)/t21-/m1/s1. The van der Waals surface area contributed by atoms with Crippen molar-refractivity contribution in [2.24, 2.45) is 0 Å². The Bertz CT molecular complexity index is 1290. The van der Waals surface area contributed by atoms with Gasteiger partial charge in [0.05, 0.1) is 37.5 Å². The third kappa shape index (κ3) is 4.89. The molecule has 33 heavy (non-hydrogen) atoms. The molecule has 1 aromatic carbocycles. The van der Waals surface area contributed by atoms with E-state index in [0.717, 1.165) is 47.5 Å². The molecule has 4 aromatic rings. The number of pyridine rings is 1. The Morgan fingerprint density at radius 3 is 2.91 bits per heavy atom. The van der Waals surface area contributed by atoms with Gasteiger partial charge in [0.25, 0.3) is 5.56 Å². The molecule has 0 aliphatic carbocycles. The summed E-state index contributed by atoms with van der Waals surface area (Å²) in [7, 11) is 0. The van der Waals surface area contributed by atoms with Crippen LogP contribution in [0.5, 0.6) is 0 Å². The van der Waals surface area contributed by atoms with E-state index in [1.54, 1.807) is 6.26 Å². The number of rotatable bonds is 8. The van der Waals surface area contributed by atoms with Crippen LogP contribution >= 0.6 is 0 Å². The molecule has 1 saturated heterocycles. The van der Waals surface area contributed by atoms with Gasteiger partial charge in [0.15, 0.2) is 5.82 Å². The molecule has 0 saturated carbocycles. The molecule has 3 aromatic heterocycles. The summed E-state index contributed by atoms with van der Waals surface area (Å²) >= 11 is 0. The number of nitrogens with one attached hydrogen (secondary N) is 1. The number of aromatic nitrogens is 5. The molecule has 1 N–H and O–H groups in total. The molecule has 172 valence electrons. The number of ether oxygens (including phenoxy) is 1. The third-order valence-corrected chi connectivity index (χ3v) is 6.10. The Morgan fingerprint density at radius 1 is 1.21 bits per heavy atom. The lowest BCUT2D eigenvalue weighted by Gasteiger charge is -2.21. The molecule has 0 amide bonds. The second-order valence-electron chi connectivity index (χ2n) is 8.81. The summed E-state index contributed by atoms with van der Waals surface area (Å²) < 4.78 is 13.1. The highest BCUT2D eigenvalue weighted by Crippen LogP contribution is 2.20. The predicted octanol–water partition coefficient (Wildman–Crippen LogP) is 3.11. The highest BCUT2D eigenvalue weighted by Gasteiger charge is 2.21. The van der Waals surface area contributed by atoms with Gasteiger partial charge in [0.2, 0.25) is 0 Å². The fourth-order valence-electron chi connectivity index (χ4n) is 4.54. The number of aromatic amines is 1. The van der Waals surface area contributed by atoms with Crippen LogP contribution in [0.1, 0.15) is 41.1 Å². The van der Waals surface area contributed by atoms with Gasteiger partial charge in [-0.3, -0.25) is 9.69 Å². The molecular formula is C24H28N6O3. The number of tetrazole rings is 1. The monoisotopic (exact) mass is 448 g/mol. The van der Waals surface area contributed by atoms with E-state index in [0.29, 0.717) is 31.7 Å². The second-order valence-corrected chi connectivity index (χ2v) is 8.81. The van der Waals surface area contributed by atoms with E-state index in [-0.39, 0.29) is 11.7 Å². The topological polar surface area (TPSA) is 102 Å². The number of fused-ring (bicyclic) bond motifs is 1. The Kier molecular flexibility index (Phi) is 6.06. The van der Waals surface area contributed by atoms with Crippen LogP contribution < -0.4 is 5.56 Å². The third-order valence-electron chi connectivity index (χ3n) is 6.10. The number of furan rings is 1. The number of H-pyrrole nitrogens is 1. The molecule has 9 nitrogen and oxygen atoms in total. The van der Waals surface area contributed by atoms with Crippen molar-refractivity contribution in [2.75, 3.05) is 6.61 Å². The van der Waals surface area contributed by atoms with Crippen LogP contribution in [-0.4, -0.2) is 42.8 Å². The maximum absolute atomic E-state index is 12.9. The molecule has 0 spiro atoms. The van der Waals surface area contributed by atoms with Crippen molar-refractivity contribution in [3.05, 3.63) is 75.2 Å². The largest absolute Gasteiger partial charge is 0.468 e. The van der Waals surface area contributed by atoms with Gasteiger partial charge >= 0.3 is 0 Å². The average Bonchev–Trinajstić information content (AvgIpc) is 3.54. The number of hydrogen-bond donors (Lipinski definition) is 1. The lowest BCUT2D eigenvalue weighted by Crippen LogP contribution is -2.28. The smallest absolute Gasteiger partial charge is 0.252 e. The van der Waals surface area contributed by atoms with Crippen molar-refractivity contribution in [2.45, 2.75) is 59.0 Å². The van der Waals surface area contributed by atoms with Crippen LogP contribution in [0.15, 0.2) is 45.8 Å². The predicted molar refractivity (Wildman–Crippen MR) is 122 cm³/mol. The van der Waals surface area contributed by atoms with Gasteiger partial charge in [-0.25, -0.2) is 4.68 Å². The van der Waals surface area contributed by atoms with E-state index >= 15 is 0 Å². The first-order valence-electron chi connectivity index (χ1n) is 11.3. The molecule has 1 aliphatic rings. The molecule has 1 atom stereocenters. The first-order valence-corrected chi connectivity index (χ1v) is 11.3. The lowest BCUT2D eigenvalue weighted by molar-refractivity contribution is 0.0913. The van der Waals surface area contributed by atoms with Crippen LogP contribution in [0.3, 0.4) is 0 Å². The second kappa shape index (κ2) is 9.29. The minimum absolute atomic E-state index is 0.0853. The van der Waals surface area contributed by atoms with Crippen molar-refractivity contribution in [3.63, 3.8) is 0 Å². The van der Waals surface area contributed by atoms with E-state index in [9.17, 15) is 4.79 Å². The van der Waals surface area contributed by atoms with E-state index in [1.165, 1.54) is 5.56 Å². The minimum Gasteiger partial charge on any atom is -0.468 e. The minimum atomic E-state index is -0.0853. The van der Waals surface area contributed by atoms with E-state index in [2.05, 4.69) is 44.5 Å². The van der Waals surface area contributed by atoms with Crippen molar-refractivity contribution < 1.29 is 9.15 Å². The first kappa shape index (κ1) is 21.5. The fraction of sp³-hybridized carbons (Fsp3) is 0.417. The van der Waals surface area contributed by atoms with Gasteiger partial charge in [-0.05, 0) is 72.3 Å². The summed E-state index contributed by atoms with van der Waals surface area (Å²) in [4.78, 5) is 18.1. The molecule has 4 heterocycles. The summed E-state index contributed by atoms with van der Waals surface area (Å²) in [5.74, 6) is 1.55. The Morgan fingerprint density at radius 2 is 2.12 bits per heavy atom. The van der Waals surface area contributed by atoms with Crippen molar-refractivity contribution >= 4 is 10.9 Å². The first-order chi connectivity index (χ1) is 16.0. The van der Waals surface area contributed by atoms with E-state index < -0.39 is 0 Å². The molecule has 0 radical (unpaired) electrons. The van der Waals surface area contributed by atoms with E-state index in [1.807, 2.05) is 29.8 Å². The van der Waals surface area contributed by atoms with Crippen molar-refractivity contribution in [1.29, 1.82) is 0 Å². The SMILES string of the molecule is Cc1cc(C)c2[nH]c(=O)c(CN(Cc3ccco3)Cc3nnnn3C[C@H]3CCCO3)cc2c1. The summed E-state index contributed by atoms with van der Waals surface area (Å²) in [6, 6.07) is 9.96. The zero-order valence-corrected chi connectivity index (χ0v) is 19.0. The highest BCUT2D eigenvalue weighted by molar-refractivity contribution is 5.82. The van der Waals surface area contributed by atoms with Gasteiger partial charge in [-0.1, -0.05) is 11.6 Å². The number of nitrogens with zero attached hydrogens (tertiary/aromatic N) is 5. The van der Waals surface area contributed by atoms with Gasteiger partial charge in [0.1, 0.15) is 5.76 Å². The normalized spacial score (nSPS) is 16.3. The van der Waals surface area contributed by atoms with Gasteiger partial charge in [-0.2, -0.15) is 0 Å². The molecule has 9 heteroatoms. The summed E-state index contributed by atoms with van der Waals surface area (Å²) in [6.45, 7) is 6.94. The Hall–Kier alpha value is -3.30. The van der Waals surface area contributed by atoms with Crippen molar-refractivity contribution in [3.8, 4) is 0 Å². The maximum Gasteiger partial charge on any atom is 0.252 e. The Labute approximate surface area is 191 Å². The average molecular weight is 449 g/mol. The molecule has 1 aliphatic heterocycles. The molecule has 0 unspecified atom stereocenters. The summed E-state index contributed by atoms with van der Waals surface area (Å²) in [5, 5.41) is 13.3. The molecular weight excluding hydrogens is 420 g/mol. The quantitative estimate of drug-likeness (QED) is 0.442. The van der Waals surface area contributed by atoms with E-state index in [4.69, 9.17) is 9.15 Å². The van der Waals surface area contributed by atoms with Crippen LogP contribution in [0.25, 0.3) is 10.9 Å². The number of aryl methyl sites for hydroxylation is 2. The van der Waals surface area contributed by atoms with Crippen LogP contribution in [0.2, 0.25) is 0 Å². The zero-order chi connectivity index (χ0) is 22.8. The molecule has 0 bridgehead atoms. The fourth-order valence-corrected chi connectivity index (χ4v) is 4.54. The zero-order valence-electron chi connectivity index (χ0n) is 19.0. The highest BCUT2D eigenvalue weighted by atomic mass is 16.5. The number of hydrogen-bond acceptors (Lipinski definition) is 7. The van der Waals surface area contributed by atoms with Crippen molar-refractivity contribution in [1.82, 2.24) is 30.1 Å². The summed E-state index contributed by atoms with van der Waals surface area (Å²) in [5.41, 5.74) is 3.72. The molecule has 1 fully saturated rings. The Balaban J connectivity index is 1.42. The van der Waals surface area contributed by atoms with Gasteiger partial charge in [0, 0.05) is 18.7 Å². The van der Waals surface area contributed by atoms with Gasteiger partial charge < -0.3 is 14.1 Å². The van der Waals surface area contributed by atoms with Crippen LogP contribution in [0.4, 0.5) is 0 Å². The van der Waals surface area contributed by atoms with Gasteiger partial charge in [-0.15, -0.1) is 5.10 Å². The van der Waals surface area contributed by atoms with Crippen LogP contribution in [-0.2, 0) is 30.9 Å². The number of benzene rings is 1.